The van der Waals surface area contributed by atoms with Crippen LogP contribution in [0.15, 0.2) is 0 Å². The molecular formula is C5H13NO3. The minimum atomic E-state index is -1.83. The summed E-state index contributed by atoms with van der Waals surface area (Å²) in [7, 11) is 0. The van der Waals surface area contributed by atoms with Crippen molar-refractivity contribution in [2.24, 2.45) is 5.73 Å². The van der Waals surface area contributed by atoms with Crippen molar-refractivity contribution >= 4 is 6.16 Å². The van der Waals surface area contributed by atoms with Crippen LogP contribution in [-0.2, 0) is 0 Å². The van der Waals surface area contributed by atoms with Gasteiger partial charge in [-0.15, -0.1) is 0 Å². The van der Waals surface area contributed by atoms with Crippen molar-refractivity contribution in [1.82, 2.24) is 0 Å². The molecule has 0 aromatic heterocycles. The van der Waals surface area contributed by atoms with Crippen LogP contribution in [0.1, 0.15) is 20.3 Å². The number of nitrogens with two attached hydrogens (primary N) is 1. The van der Waals surface area contributed by atoms with Gasteiger partial charge in [-0.05, 0) is 13.3 Å². The molecule has 4 nitrogen and oxygen atoms in total. The van der Waals surface area contributed by atoms with E-state index in [-0.39, 0.29) is 0 Å². The summed E-state index contributed by atoms with van der Waals surface area (Å²) in [5.41, 5.74) is 5.29. The molecule has 4 heteroatoms. The zero-order valence-corrected chi connectivity index (χ0v) is 5.66. The third kappa shape index (κ3) is 131. The molecule has 0 aromatic carbocycles. The lowest BCUT2D eigenvalue weighted by Gasteiger charge is -1.91. The maximum atomic E-state index is 8.56. The molecule has 0 saturated heterocycles. The number of rotatable bonds is 1. The fourth-order valence-electron chi connectivity index (χ4n) is 0. The molecule has 9 heavy (non-hydrogen) atoms. The number of hydrogen-bond acceptors (Lipinski definition) is 2. The van der Waals surface area contributed by atoms with Gasteiger partial charge in [0.25, 0.3) is 0 Å². The lowest BCUT2D eigenvalue weighted by molar-refractivity contribution is 0.137. The van der Waals surface area contributed by atoms with Crippen molar-refractivity contribution in [1.29, 1.82) is 0 Å². The monoisotopic (exact) mass is 135 g/mol. The average Bonchev–Trinajstić information content (AvgIpc) is 1.65. The van der Waals surface area contributed by atoms with Crippen molar-refractivity contribution in [3.8, 4) is 0 Å². The fourth-order valence-corrected chi connectivity index (χ4v) is 0. The molecule has 0 radical (unpaired) electrons. The summed E-state index contributed by atoms with van der Waals surface area (Å²) in [5, 5.41) is 13.9. The summed E-state index contributed by atoms with van der Waals surface area (Å²) in [6.45, 7) is 4.07. The van der Waals surface area contributed by atoms with Gasteiger partial charge < -0.3 is 15.9 Å². The molecule has 0 aromatic rings. The summed E-state index contributed by atoms with van der Waals surface area (Å²) in [4.78, 5) is 8.56. The van der Waals surface area contributed by atoms with Gasteiger partial charge >= 0.3 is 6.16 Å². The minimum Gasteiger partial charge on any atom is -0.450 e. The van der Waals surface area contributed by atoms with Crippen molar-refractivity contribution in [3.63, 3.8) is 0 Å². The van der Waals surface area contributed by atoms with Crippen LogP contribution >= 0.6 is 0 Å². The Labute approximate surface area is 54.3 Å². The van der Waals surface area contributed by atoms with Crippen LogP contribution in [0.25, 0.3) is 0 Å². The highest BCUT2D eigenvalue weighted by Crippen LogP contribution is 1.77. The lowest BCUT2D eigenvalue weighted by Crippen LogP contribution is -2.11. The summed E-state index contributed by atoms with van der Waals surface area (Å²) in [6.07, 6.45) is -0.750. The van der Waals surface area contributed by atoms with Crippen LogP contribution in [0, 0.1) is 0 Å². The van der Waals surface area contributed by atoms with Gasteiger partial charge in [0.05, 0.1) is 0 Å². The minimum absolute atomic E-state index is 0.384. The molecule has 0 heterocycles. The van der Waals surface area contributed by atoms with Gasteiger partial charge in [0.1, 0.15) is 0 Å². The van der Waals surface area contributed by atoms with Crippen LogP contribution in [0.2, 0.25) is 0 Å². The molecule has 56 valence electrons. The standard InChI is InChI=1S/C4H11N.CH2O3/c1-3-4(2)5;2-1(3)4/h4H,3,5H2,1-2H3;(H2,2,3,4). The van der Waals surface area contributed by atoms with Crippen LogP contribution in [0.4, 0.5) is 4.79 Å². The number of carbonyl (C=O) groups is 1. The van der Waals surface area contributed by atoms with Crippen LogP contribution in [-0.4, -0.2) is 22.4 Å². The van der Waals surface area contributed by atoms with Crippen molar-refractivity contribution < 1.29 is 15.0 Å². The lowest BCUT2D eigenvalue weighted by atomic mass is 10.3. The second kappa shape index (κ2) is 7.23. The second-order valence-corrected chi connectivity index (χ2v) is 1.67. The molecule has 0 aliphatic heterocycles. The van der Waals surface area contributed by atoms with E-state index in [0.29, 0.717) is 6.04 Å². The number of carboxylic acid groups (broad SMARTS) is 2. The van der Waals surface area contributed by atoms with Gasteiger partial charge in [-0.2, -0.15) is 0 Å². The van der Waals surface area contributed by atoms with E-state index in [1.54, 1.807) is 0 Å². The van der Waals surface area contributed by atoms with E-state index in [0.717, 1.165) is 6.42 Å². The van der Waals surface area contributed by atoms with E-state index in [1.165, 1.54) is 0 Å². The van der Waals surface area contributed by atoms with Gasteiger partial charge in [-0.1, -0.05) is 6.92 Å². The predicted molar refractivity (Wildman–Crippen MR) is 34.6 cm³/mol. The molecule has 1 unspecified atom stereocenters. The molecule has 0 saturated carbocycles. The van der Waals surface area contributed by atoms with E-state index >= 15 is 0 Å². The normalized spacial score (nSPS) is 11.0. The van der Waals surface area contributed by atoms with Gasteiger partial charge in [-0.25, -0.2) is 4.79 Å². The molecule has 0 bridgehead atoms. The molecule has 0 aliphatic rings. The maximum Gasteiger partial charge on any atom is 0.503 e. The molecule has 0 rings (SSSR count). The third-order valence-corrected chi connectivity index (χ3v) is 0.644. The molecule has 1 atom stereocenters. The Balaban J connectivity index is 0. The van der Waals surface area contributed by atoms with Crippen molar-refractivity contribution in [2.45, 2.75) is 26.3 Å². The van der Waals surface area contributed by atoms with Crippen LogP contribution in [0.3, 0.4) is 0 Å². The average molecular weight is 135 g/mol. The summed E-state index contributed by atoms with van der Waals surface area (Å²) < 4.78 is 0. The van der Waals surface area contributed by atoms with E-state index in [1.807, 2.05) is 6.92 Å². The highest BCUT2D eigenvalue weighted by molar-refractivity contribution is 5.53. The van der Waals surface area contributed by atoms with Gasteiger partial charge in [0, 0.05) is 6.04 Å². The Hall–Kier alpha value is -0.770. The first-order valence-electron chi connectivity index (χ1n) is 2.68. The summed E-state index contributed by atoms with van der Waals surface area (Å²) in [6, 6.07) is 0.384. The zero-order chi connectivity index (χ0) is 7.86. The predicted octanol–water partition coefficient (Wildman–Crippen LogP) is 0.966. The first kappa shape index (κ1) is 11.1. The second-order valence-electron chi connectivity index (χ2n) is 1.67. The molecule has 0 fully saturated rings. The van der Waals surface area contributed by atoms with Crippen molar-refractivity contribution in [2.75, 3.05) is 0 Å². The van der Waals surface area contributed by atoms with Crippen LogP contribution in [0.5, 0.6) is 0 Å². The van der Waals surface area contributed by atoms with E-state index in [9.17, 15) is 0 Å². The number of hydrogen-bond donors (Lipinski definition) is 3. The SMILES string of the molecule is CCC(C)N.O=C(O)O. The first-order valence-corrected chi connectivity index (χ1v) is 2.68. The first-order chi connectivity index (χ1) is 4.00. The quantitative estimate of drug-likeness (QED) is 0.500. The highest BCUT2D eigenvalue weighted by Gasteiger charge is 1.79. The maximum absolute atomic E-state index is 8.56. The topological polar surface area (TPSA) is 83.6 Å². The largest absolute Gasteiger partial charge is 0.503 e. The fraction of sp³-hybridized carbons (Fsp3) is 0.800. The highest BCUT2D eigenvalue weighted by atomic mass is 16.6. The Morgan fingerprint density at radius 3 is 1.78 bits per heavy atom. The third-order valence-electron chi connectivity index (χ3n) is 0.644. The van der Waals surface area contributed by atoms with Gasteiger partial charge in [-0.3, -0.25) is 0 Å². The van der Waals surface area contributed by atoms with Crippen LogP contribution < -0.4 is 5.73 Å². The van der Waals surface area contributed by atoms with Crippen molar-refractivity contribution in [3.05, 3.63) is 0 Å². The van der Waals surface area contributed by atoms with Gasteiger partial charge in [0.2, 0.25) is 0 Å². The Kier molecular flexibility index (Phi) is 8.90. The van der Waals surface area contributed by atoms with E-state index < -0.39 is 6.16 Å². The molecular weight excluding hydrogens is 122 g/mol. The molecule has 0 amide bonds. The summed E-state index contributed by atoms with van der Waals surface area (Å²) >= 11 is 0. The smallest absolute Gasteiger partial charge is 0.450 e. The van der Waals surface area contributed by atoms with E-state index in [2.05, 4.69) is 6.92 Å². The molecule has 4 N–H and O–H groups in total. The Morgan fingerprint density at radius 2 is 1.78 bits per heavy atom. The summed E-state index contributed by atoms with van der Waals surface area (Å²) in [5.74, 6) is 0. The molecule has 0 spiro atoms. The Morgan fingerprint density at radius 1 is 1.67 bits per heavy atom. The van der Waals surface area contributed by atoms with Gasteiger partial charge in [0.15, 0.2) is 0 Å². The van der Waals surface area contributed by atoms with E-state index in [4.69, 9.17) is 20.7 Å². The Bertz CT molecular complexity index is 68.6. The molecule has 0 aliphatic carbocycles. The zero-order valence-electron chi connectivity index (χ0n) is 5.66.